The van der Waals surface area contributed by atoms with Gasteiger partial charge >= 0.3 is 0 Å². The molecule has 2 rings (SSSR count). The van der Waals surface area contributed by atoms with Crippen molar-refractivity contribution >= 4 is 11.8 Å². The van der Waals surface area contributed by atoms with Gasteiger partial charge in [-0.15, -0.1) is 11.8 Å². The summed E-state index contributed by atoms with van der Waals surface area (Å²) in [5.41, 5.74) is 0.529. The van der Waals surface area contributed by atoms with Crippen LogP contribution in [-0.2, 0) is 6.54 Å². The first kappa shape index (κ1) is 16.5. The molecule has 1 unspecified atom stereocenters. The highest BCUT2D eigenvalue weighted by molar-refractivity contribution is 7.98. The van der Waals surface area contributed by atoms with Crippen LogP contribution in [0.2, 0.25) is 0 Å². The standard InChI is InChI=1S/C16H25NO3S/c1-4-5-16(2,18)11-17-10-12-8-13-14(9-15(12)21-3)20-7-6-19-13/h8-9,17-18H,4-7,10-11H2,1-3H3. The van der Waals surface area contributed by atoms with E-state index in [0.717, 1.165) is 24.3 Å². The van der Waals surface area contributed by atoms with Crippen molar-refractivity contribution in [2.24, 2.45) is 0 Å². The van der Waals surface area contributed by atoms with Crippen LogP contribution >= 0.6 is 11.8 Å². The minimum Gasteiger partial charge on any atom is -0.486 e. The lowest BCUT2D eigenvalue weighted by atomic mass is 10.0. The monoisotopic (exact) mass is 311 g/mol. The predicted molar refractivity (Wildman–Crippen MR) is 86.5 cm³/mol. The fourth-order valence-corrected chi connectivity index (χ4v) is 3.15. The molecule has 1 atom stereocenters. The number of benzene rings is 1. The summed E-state index contributed by atoms with van der Waals surface area (Å²) in [6, 6.07) is 4.09. The van der Waals surface area contributed by atoms with E-state index in [-0.39, 0.29) is 0 Å². The average Bonchev–Trinajstić information content (AvgIpc) is 2.46. The summed E-state index contributed by atoms with van der Waals surface area (Å²) in [6.45, 7) is 6.47. The molecular formula is C16H25NO3S. The van der Waals surface area contributed by atoms with Gasteiger partial charge < -0.3 is 19.9 Å². The minimum absolute atomic E-state index is 0.586. The number of ether oxygens (including phenoxy) is 2. The van der Waals surface area contributed by atoms with E-state index < -0.39 is 5.60 Å². The lowest BCUT2D eigenvalue weighted by Crippen LogP contribution is -2.37. The highest BCUT2D eigenvalue weighted by Crippen LogP contribution is 2.36. The molecular weight excluding hydrogens is 286 g/mol. The number of fused-ring (bicyclic) bond motifs is 1. The van der Waals surface area contributed by atoms with E-state index in [9.17, 15) is 5.11 Å². The zero-order valence-corrected chi connectivity index (χ0v) is 13.9. The predicted octanol–water partition coefficient (Wildman–Crippen LogP) is 2.82. The largest absolute Gasteiger partial charge is 0.486 e. The van der Waals surface area contributed by atoms with Crippen LogP contribution in [-0.4, -0.2) is 36.7 Å². The van der Waals surface area contributed by atoms with Crippen molar-refractivity contribution in [3.05, 3.63) is 17.7 Å². The molecule has 1 aromatic carbocycles. The fraction of sp³-hybridized carbons (Fsp3) is 0.625. The summed E-state index contributed by atoms with van der Waals surface area (Å²) in [5.74, 6) is 1.64. The molecule has 0 fully saturated rings. The molecule has 1 aliphatic rings. The third kappa shape index (κ3) is 4.53. The first-order chi connectivity index (χ1) is 10.1. The van der Waals surface area contributed by atoms with Crippen LogP contribution in [0.15, 0.2) is 17.0 Å². The van der Waals surface area contributed by atoms with Gasteiger partial charge in [0.1, 0.15) is 13.2 Å². The third-order valence-corrected chi connectivity index (χ3v) is 4.37. The molecule has 0 spiro atoms. The van der Waals surface area contributed by atoms with Crippen LogP contribution in [0, 0.1) is 0 Å². The molecule has 2 N–H and O–H groups in total. The van der Waals surface area contributed by atoms with E-state index in [4.69, 9.17) is 9.47 Å². The zero-order chi connectivity index (χ0) is 15.3. The summed E-state index contributed by atoms with van der Waals surface area (Å²) in [4.78, 5) is 1.18. The highest BCUT2D eigenvalue weighted by atomic mass is 32.2. The Balaban J connectivity index is 2.02. The second-order valence-electron chi connectivity index (χ2n) is 5.66. The smallest absolute Gasteiger partial charge is 0.162 e. The van der Waals surface area contributed by atoms with Gasteiger partial charge in [-0.25, -0.2) is 0 Å². The van der Waals surface area contributed by atoms with Gasteiger partial charge in [-0.2, -0.15) is 0 Å². The number of aliphatic hydroxyl groups is 1. The van der Waals surface area contributed by atoms with Crippen molar-refractivity contribution in [2.45, 2.75) is 43.7 Å². The van der Waals surface area contributed by atoms with Crippen molar-refractivity contribution in [3.8, 4) is 11.5 Å². The van der Waals surface area contributed by atoms with E-state index >= 15 is 0 Å². The van der Waals surface area contributed by atoms with Crippen molar-refractivity contribution in [2.75, 3.05) is 26.0 Å². The lowest BCUT2D eigenvalue weighted by molar-refractivity contribution is 0.0497. The van der Waals surface area contributed by atoms with Crippen LogP contribution in [0.1, 0.15) is 32.3 Å². The summed E-state index contributed by atoms with van der Waals surface area (Å²) in [5, 5.41) is 13.5. The highest BCUT2D eigenvalue weighted by Gasteiger charge is 2.19. The lowest BCUT2D eigenvalue weighted by Gasteiger charge is -2.24. The molecule has 0 saturated carbocycles. The molecule has 0 saturated heterocycles. The summed E-state index contributed by atoms with van der Waals surface area (Å²) < 4.78 is 11.3. The van der Waals surface area contributed by atoms with Crippen molar-refractivity contribution in [1.29, 1.82) is 0 Å². The number of hydrogen-bond acceptors (Lipinski definition) is 5. The third-order valence-electron chi connectivity index (χ3n) is 3.56. The Hall–Kier alpha value is -0.910. The van der Waals surface area contributed by atoms with Gasteiger partial charge in [-0.1, -0.05) is 13.3 Å². The normalized spacial score (nSPS) is 16.6. The zero-order valence-electron chi connectivity index (χ0n) is 13.1. The van der Waals surface area contributed by atoms with Gasteiger partial charge in [0.05, 0.1) is 5.60 Å². The Labute approximate surface area is 131 Å². The van der Waals surface area contributed by atoms with Crippen LogP contribution in [0.5, 0.6) is 11.5 Å². The van der Waals surface area contributed by atoms with Crippen LogP contribution in [0.3, 0.4) is 0 Å². The molecule has 118 valence electrons. The van der Waals surface area contributed by atoms with E-state index in [1.54, 1.807) is 11.8 Å². The molecule has 1 heterocycles. The van der Waals surface area contributed by atoms with Crippen LogP contribution in [0.4, 0.5) is 0 Å². The number of rotatable bonds is 7. The topological polar surface area (TPSA) is 50.7 Å². The molecule has 21 heavy (non-hydrogen) atoms. The number of thioether (sulfide) groups is 1. The van der Waals surface area contributed by atoms with E-state index in [1.807, 2.05) is 19.1 Å². The molecule has 4 nitrogen and oxygen atoms in total. The van der Waals surface area contributed by atoms with Crippen molar-refractivity contribution in [3.63, 3.8) is 0 Å². The van der Waals surface area contributed by atoms with Gasteiger partial charge in [-0.05, 0) is 37.3 Å². The molecule has 5 heteroatoms. The maximum atomic E-state index is 10.2. The molecule has 0 aliphatic carbocycles. The second-order valence-corrected chi connectivity index (χ2v) is 6.51. The van der Waals surface area contributed by atoms with Crippen LogP contribution in [0.25, 0.3) is 0 Å². The quantitative estimate of drug-likeness (QED) is 0.758. The Bertz CT molecular complexity index is 477. The van der Waals surface area contributed by atoms with Gasteiger partial charge in [0.15, 0.2) is 11.5 Å². The van der Waals surface area contributed by atoms with Crippen LogP contribution < -0.4 is 14.8 Å². The SMILES string of the molecule is CCCC(C)(O)CNCc1cc2c(cc1SC)OCCO2. The van der Waals surface area contributed by atoms with E-state index in [2.05, 4.69) is 18.5 Å². The first-order valence-corrected chi connectivity index (χ1v) is 8.68. The van der Waals surface area contributed by atoms with Crippen molar-refractivity contribution in [1.82, 2.24) is 5.32 Å². The molecule has 0 bridgehead atoms. The van der Waals surface area contributed by atoms with Crippen molar-refractivity contribution < 1.29 is 14.6 Å². The first-order valence-electron chi connectivity index (χ1n) is 7.45. The molecule has 1 aliphatic heterocycles. The maximum absolute atomic E-state index is 10.2. The van der Waals surface area contributed by atoms with Gasteiger partial charge in [0.2, 0.25) is 0 Å². The summed E-state index contributed by atoms with van der Waals surface area (Å²) in [6.07, 6.45) is 3.84. The fourth-order valence-electron chi connectivity index (χ4n) is 2.53. The van der Waals surface area contributed by atoms with E-state index in [1.165, 1.54) is 10.5 Å². The summed E-state index contributed by atoms with van der Waals surface area (Å²) in [7, 11) is 0. The van der Waals surface area contributed by atoms with E-state index in [0.29, 0.717) is 26.3 Å². The number of nitrogens with one attached hydrogen (secondary N) is 1. The van der Waals surface area contributed by atoms with Gasteiger partial charge in [0, 0.05) is 18.0 Å². The molecule has 0 aromatic heterocycles. The number of hydrogen-bond donors (Lipinski definition) is 2. The van der Waals surface area contributed by atoms with Gasteiger partial charge in [0.25, 0.3) is 0 Å². The Morgan fingerprint density at radius 2 is 1.95 bits per heavy atom. The molecule has 1 aromatic rings. The Morgan fingerprint density at radius 1 is 1.29 bits per heavy atom. The molecule has 0 amide bonds. The van der Waals surface area contributed by atoms with Gasteiger partial charge in [-0.3, -0.25) is 0 Å². The minimum atomic E-state index is -0.651. The second kappa shape index (κ2) is 7.38. The molecule has 0 radical (unpaired) electrons. The summed E-state index contributed by atoms with van der Waals surface area (Å²) >= 11 is 1.70. The maximum Gasteiger partial charge on any atom is 0.162 e. The Kier molecular flexibility index (Phi) is 5.79. The Morgan fingerprint density at radius 3 is 2.57 bits per heavy atom. The average molecular weight is 311 g/mol.